The van der Waals surface area contributed by atoms with Gasteiger partial charge in [0.2, 0.25) is 0 Å². The number of sulfonamides is 1. The summed E-state index contributed by atoms with van der Waals surface area (Å²) in [7, 11) is -2.35. The lowest BCUT2D eigenvalue weighted by atomic mass is 10.2. The van der Waals surface area contributed by atoms with E-state index in [0.717, 1.165) is 0 Å². The van der Waals surface area contributed by atoms with Gasteiger partial charge < -0.3 is 14.8 Å². The highest BCUT2D eigenvalue weighted by Gasteiger charge is 2.20. The number of nitrogens with one attached hydrogen (secondary N) is 2. The maximum absolute atomic E-state index is 12.7. The standard InChI is InChI=1S/C23H24N2O5S/c1-3-21(30-18-9-5-4-6-10-18)23(26)24-17-13-15-19(16-14-17)31(27,28)25-20-11-7-8-12-22(20)29-2/h4-16,21,25H,3H2,1-2H3,(H,24,26)/t21-/m0/s1. The van der Waals surface area contributed by atoms with Crippen molar-refractivity contribution in [1.82, 2.24) is 0 Å². The maximum Gasteiger partial charge on any atom is 0.265 e. The number of methoxy groups -OCH3 is 1. The second-order valence-electron chi connectivity index (χ2n) is 6.65. The van der Waals surface area contributed by atoms with Crippen molar-refractivity contribution >= 4 is 27.3 Å². The van der Waals surface area contributed by atoms with E-state index < -0.39 is 16.1 Å². The van der Waals surface area contributed by atoms with Crippen molar-refractivity contribution in [3.05, 3.63) is 78.9 Å². The molecule has 8 heteroatoms. The van der Waals surface area contributed by atoms with Crippen LogP contribution in [0.25, 0.3) is 0 Å². The molecule has 3 aromatic rings. The highest BCUT2D eigenvalue weighted by Crippen LogP contribution is 2.26. The molecule has 1 atom stereocenters. The minimum atomic E-state index is -3.82. The van der Waals surface area contributed by atoms with Crippen LogP contribution >= 0.6 is 0 Å². The summed E-state index contributed by atoms with van der Waals surface area (Å²) in [6, 6.07) is 21.7. The average Bonchev–Trinajstić information content (AvgIpc) is 2.78. The van der Waals surface area contributed by atoms with Crippen LogP contribution < -0.4 is 19.5 Å². The summed E-state index contributed by atoms with van der Waals surface area (Å²) in [6.45, 7) is 1.85. The molecule has 0 aliphatic rings. The minimum Gasteiger partial charge on any atom is -0.495 e. The van der Waals surface area contributed by atoms with E-state index in [1.165, 1.54) is 31.4 Å². The third-order valence-electron chi connectivity index (χ3n) is 4.47. The lowest BCUT2D eigenvalue weighted by Crippen LogP contribution is -2.32. The van der Waals surface area contributed by atoms with Gasteiger partial charge >= 0.3 is 0 Å². The Morgan fingerprint density at radius 2 is 1.58 bits per heavy atom. The molecule has 3 aromatic carbocycles. The van der Waals surface area contributed by atoms with Crippen molar-refractivity contribution in [2.75, 3.05) is 17.1 Å². The Hall–Kier alpha value is -3.52. The second kappa shape index (κ2) is 9.99. The van der Waals surface area contributed by atoms with Gasteiger partial charge in [-0.2, -0.15) is 0 Å². The Bertz CT molecular complexity index is 1120. The molecule has 3 rings (SSSR count). The van der Waals surface area contributed by atoms with Crippen molar-refractivity contribution < 1.29 is 22.7 Å². The van der Waals surface area contributed by atoms with Gasteiger partial charge in [0, 0.05) is 5.69 Å². The number of amides is 1. The van der Waals surface area contributed by atoms with E-state index in [4.69, 9.17) is 9.47 Å². The number of rotatable bonds is 9. The highest BCUT2D eigenvalue weighted by molar-refractivity contribution is 7.92. The molecule has 1 amide bonds. The van der Waals surface area contributed by atoms with Gasteiger partial charge in [-0.25, -0.2) is 8.42 Å². The number of para-hydroxylation sites is 3. The SMILES string of the molecule is CC[C@H](Oc1ccccc1)C(=O)Nc1ccc(S(=O)(=O)Nc2ccccc2OC)cc1. The number of hydrogen-bond donors (Lipinski definition) is 2. The van der Waals surface area contributed by atoms with Crippen molar-refractivity contribution in [3.8, 4) is 11.5 Å². The largest absolute Gasteiger partial charge is 0.495 e. The molecule has 0 unspecified atom stereocenters. The lowest BCUT2D eigenvalue weighted by Gasteiger charge is -2.17. The maximum atomic E-state index is 12.7. The van der Waals surface area contributed by atoms with Crippen LogP contribution in [0.15, 0.2) is 83.8 Å². The Morgan fingerprint density at radius 3 is 2.23 bits per heavy atom. The van der Waals surface area contributed by atoms with Gasteiger partial charge in [-0.1, -0.05) is 37.3 Å². The number of carbonyl (C=O) groups excluding carboxylic acids is 1. The van der Waals surface area contributed by atoms with Crippen LogP contribution in [0.5, 0.6) is 11.5 Å². The molecule has 0 aromatic heterocycles. The Balaban J connectivity index is 1.68. The zero-order valence-electron chi connectivity index (χ0n) is 17.2. The van der Waals surface area contributed by atoms with E-state index >= 15 is 0 Å². The van der Waals surface area contributed by atoms with Crippen LogP contribution in [0.4, 0.5) is 11.4 Å². The van der Waals surface area contributed by atoms with Crippen molar-refractivity contribution in [2.45, 2.75) is 24.3 Å². The Labute approximate surface area is 182 Å². The van der Waals surface area contributed by atoms with Crippen LogP contribution in [-0.4, -0.2) is 27.5 Å². The van der Waals surface area contributed by atoms with Gasteiger partial charge in [0.25, 0.3) is 15.9 Å². The quantitative estimate of drug-likeness (QED) is 0.518. The van der Waals surface area contributed by atoms with Gasteiger partial charge in [-0.05, 0) is 55.0 Å². The fourth-order valence-electron chi connectivity index (χ4n) is 2.86. The first-order valence-electron chi connectivity index (χ1n) is 9.71. The molecule has 0 aliphatic carbocycles. The molecule has 7 nitrogen and oxygen atoms in total. The van der Waals surface area contributed by atoms with Crippen LogP contribution in [0.3, 0.4) is 0 Å². The van der Waals surface area contributed by atoms with Crippen LogP contribution in [0.2, 0.25) is 0 Å². The Morgan fingerprint density at radius 1 is 0.935 bits per heavy atom. The number of benzene rings is 3. The number of ether oxygens (including phenoxy) is 2. The molecule has 0 saturated heterocycles. The van der Waals surface area contributed by atoms with Gasteiger partial charge in [0.1, 0.15) is 11.5 Å². The molecule has 0 heterocycles. The normalized spacial score (nSPS) is 11.9. The van der Waals surface area contributed by atoms with Gasteiger partial charge in [-0.15, -0.1) is 0 Å². The fraction of sp³-hybridized carbons (Fsp3) is 0.174. The highest BCUT2D eigenvalue weighted by atomic mass is 32.2. The number of hydrogen-bond acceptors (Lipinski definition) is 5. The molecule has 162 valence electrons. The van der Waals surface area contributed by atoms with Gasteiger partial charge in [0.15, 0.2) is 6.10 Å². The predicted molar refractivity (Wildman–Crippen MR) is 120 cm³/mol. The van der Waals surface area contributed by atoms with E-state index in [1.807, 2.05) is 25.1 Å². The molecular weight excluding hydrogens is 416 g/mol. The summed E-state index contributed by atoms with van der Waals surface area (Å²) in [5, 5.41) is 2.76. The van der Waals surface area contributed by atoms with Crippen molar-refractivity contribution in [1.29, 1.82) is 0 Å². The molecule has 0 aliphatic heterocycles. The van der Waals surface area contributed by atoms with Crippen LogP contribution in [0.1, 0.15) is 13.3 Å². The van der Waals surface area contributed by atoms with E-state index in [1.54, 1.807) is 36.4 Å². The lowest BCUT2D eigenvalue weighted by molar-refractivity contribution is -0.122. The predicted octanol–water partition coefficient (Wildman–Crippen LogP) is 4.29. The molecule has 0 bridgehead atoms. The summed E-state index contributed by atoms with van der Waals surface area (Å²) < 4.78 is 38.8. The van der Waals surface area contributed by atoms with Crippen LogP contribution in [0, 0.1) is 0 Å². The topological polar surface area (TPSA) is 93.7 Å². The summed E-state index contributed by atoms with van der Waals surface area (Å²) in [5.41, 5.74) is 0.808. The van der Waals surface area contributed by atoms with E-state index in [9.17, 15) is 13.2 Å². The second-order valence-corrected chi connectivity index (χ2v) is 8.33. The first-order valence-corrected chi connectivity index (χ1v) is 11.2. The molecule has 2 N–H and O–H groups in total. The monoisotopic (exact) mass is 440 g/mol. The first kappa shape index (κ1) is 22.2. The third kappa shape index (κ3) is 5.76. The number of anilines is 2. The number of carbonyl (C=O) groups is 1. The van der Waals surface area contributed by atoms with Gasteiger partial charge in [-0.3, -0.25) is 9.52 Å². The molecule has 0 radical (unpaired) electrons. The van der Waals surface area contributed by atoms with E-state index in [-0.39, 0.29) is 10.8 Å². The van der Waals surface area contributed by atoms with Crippen LogP contribution in [-0.2, 0) is 14.8 Å². The summed E-state index contributed by atoms with van der Waals surface area (Å²) in [6.07, 6.45) is -0.186. The smallest absolute Gasteiger partial charge is 0.265 e. The zero-order valence-corrected chi connectivity index (χ0v) is 18.1. The van der Waals surface area contributed by atoms with Gasteiger partial charge in [0.05, 0.1) is 17.7 Å². The molecule has 0 fully saturated rings. The third-order valence-corrected chi connectivity index (χ3v) is 5.85. The fourth-order valence-corrected chi connectivity index (χ4v) is 3.93. The molecular formula is C23H24N2O5S. The van der Waals surface area contributed by atoms with Crippen molar-refractivity contribution in [3.63, 3.8) is 0 Å². The summed E-state index contributed by atoms with van der Waals surface area (Å²) >= 11 is 0. The minimum absolute atomic E-state index is 0.0592. The summed E-state index contributed by atoms with van der Waals surface area (Å²) in [4.78, 5) is 12.6. The molecule has 0 spiro atoms. The average molecular weight is 441 g/mol. The van der Waals surface area contributed by atoms with E-state index in [0.29, 0.717) is 29.3 Å². The first-order chi connectivity index (χ1) is 14.9. The summed E-state index contributed by atoms with van der Waals surface area (Å²) in [5.74, 6) is 0.710. The molecule has 31 heavy (non-hydrogen) atoms. The van der Waals surface area contributed by atoms with E-state index in [2.05, 4.69) is 10.0 Å². The van der Waals surface area contributed by atoms with Crippen molar-refractivity contribution in [2.24, 2.45) is 0 Å². The zero-order chi connectivity index (χ0) is 22.3. The molecule has 0 saturated carbocycles. The Kier molecular flexibility index (Phi) is 7.15.